The zero-order valence-electron chi connectivity index (χ0n) is 10.0. The second-order valence-electron chi connectivity index (χ2n) is 3.87. The van der Waals surface area contributed by atoms with E-state index in [0.29, 0.717) is 0 Å². The molecular formula is C13H9FN2O4. The minimum atomic E-state index is -0.730. The number of hydrogen-bond acceptors (Lipinski definition) is 5. The predicted octanol–water partition coefficient (Wildman–Crippen LogP) is 2.90. The van der Waals surface area contributed by atoms with Crippen molar-refractivity contribution in [2.45, 2.75) is 0 Å². The van der Waals surface area contributed by atoms with Crippen LogP contribution in [-0.4, -0.2) is 21.4 Å². The van der Waals surface area contributed by atoms with Gasteiger partial charge in [-0.2, -0.15) is 0 Å². The average molecular weight is 276 g/mol. The van der Waals surface area contributed by atoms with E-state index in [0.717, 1.165) is 24.4 Å². The van der Waals surface area contributed by atoms with Gasteiger partial charge >= 0.3 is 0 Å². The summed E-state index contributed by atoms with van der Waals surface area (Å²) in [5.74, 6) is -1.47. The lowest BCUT2D eigenvalue weighted by molar-refractivity contribution is -0.384. The number of benzene rings is 2. The fourth-order valence-electron chi connectivity index (χ4n) is 1.51. The highest BCUT2D eigenvalue weighted by Gasteiger charge is 2.10. The number of nitro benzene ring substituents is 1. The number of aliphatic imine (C=N–C) groups is 1. The molecule has 0 aliphatic carbocycles. The number of nitrogens with zero attached hydrogens (tertiary/aromatic N) is 2. The van der Waals surface area contributed by atoms with E-state index in [2.05, 4.69) is 4.99 Å². The number of rotatable bonds is 3. The SMILES string of the molecule is O=[N+]([O-])c1ccc(F)c(N=Cc2cccc(O)c2O)c1. The van der Waals surface area contributed by atoms with Gasteiger partial charge in [0.15, 0.2) is 11.5 Å². The van der Waals surface area contributed by atoms with E-state index >= 15 is 0 Å². The molecule has 0 amide bonds. The molecule has 0 fully saturated rings. The molecule has 0 saturated heterocycles. The van der Waals surface area contributed by atoms with Crippen LogP contribution >= 0.6 is 0 Å². The maximum absolute atomic E-state index is 13.5. The highest BCUT2D eigenvalue weighted by Crippen LogP contribution is 2.28. The average Bonchev–Trinajstić information content (AvgIpc) is 2.41. The molecule has 0 heterocycles. The van der Waals surface area contributed by atoms with Gasteiger partial charge < -0.3 is 10.2 Å². The van der Waals surface area contributed by atoms with Gasteiger partial charge in [-0.1, -0.05) is 6.07 Å². The van der Waals surface area contributed by atoms with Crippen LogP contribution in [0.25, 0.3) is 0 Å². The van der Waals surface area contributed by atoms with Crippen molar-refractivity contribution >= 4 is 17.6 Å². The molecule has 7 heteroatoms. The summed E-state index contributed by atoms with van der Waals surface area (Å²) in [5.41, 5.74) is -0.364. The van der Waals surface area contributed by atoms with Gasteiger partial charge in [0.1, 0.15) is 11.5 Å². The zero-order valence-corrected chi connectivity index (χ0v) is 10.0. The molecule has 0 saturated carbocycles. The van der Waals surface area contributed by atoms with Crippen LogP contribution in [0.15, 0.2) is 41.4 Å². The molecule has 6 nitrogen and oxygen atoms in total. The minimum Gasteiger partial charge on any atom is -0.504 e. The number of halogens is 1. The quantitative estimate of drug-likeness (QED) is 0.390. The van der Waals surface area contributed by atoms with Crippen molar-refractivity contribution in [3.63, 3.8) is 0 Å². The third kappa shape index (κ3) is 2.72. The summed E-state index contributed by atoms with van der Waals surface area (Å²) in [7, 11) is 0. The lowest BCUT2D eigenvalue weighted by Crippen LogP contribution is -1.89. The molecule has 0 atom stereocenters. The Morgan fingerprint density at radius 2 is 2.00 bits per heavy atom. The number of non-ortho nitro benzene ring substituents is 1. The summed E-state index contributed by atoms with van der Waals surface area (Å²) in [5, 5.41) is 29.4. The Labute approximate surface area is 112 Å². The third-order valence-corrected chi connectivity index (χ3v) is 2.53. The standard InChI is InChI=1S/C13H9FN2O4/c14-10-5-4-9(16(19)20)6-11(10)15-7-8-2-1-3-12(17)13(8)18/h1-7,17-18H. The molecule has 2 aromatic carbocycles. The van der Waals surface area contributed by atoms with Crippen LogP contribution in [0.5, 0.6) is 11.5 Å². The van der Waals surface area contributed by atoms with Crippen molar-refractivity contribution in [1.29, 1.82) is 0 Å². The number of phenolic OH excluding ortho intramolecular Hbond substituents is 2. The van der Waals surface area contributed by atoms with Crippen LogP contribution in [0.1, 0.15) is 5.56 Å². The molecular weight excluding hydrogens is 267 g/mol. The van der Waals surface area contributed by atoms with Gasteiger partial charge in [0.2, 0.25) is 0 Å². The second kappa shape index (κ2) is 5.35. The number of aromatic hydroxyl groups is 2. The van der Waals surface area contributed by atoms with E-state index in [4.69, 9.17) is 0 Å². The van der Waals surface area contributed by atoms with E-state index in [1.165, 1.54) is 18.2 Å². The lowest BCUT2D eigenvalue weighted by atomic mass is 10.2. The molecule has 0 aliphatic rings. The lowest BCUT2D eigenvalue weighted by Gasteiger charge is -2.01. The van der Waals surface area contributed by atoms with Crippen LogP contribution in [0.4, 0.5) is 15.8 Å². The van der Waals surface area contributed by atoms with Crippen molar-refractivity contribution < 1.29 is 19.5 Å². The van der Waals surface area contributed by atoms with Gasteiger partial charge in [0.25, 0.3) is 5.69 Å². The zero-order chi connectivity index (χ0) is 14.7. The van der Waals surface area contributed by atoms with E-state index in [1.54, 1.807) is 0 Å². The summed E-state index contributed by atoms with van der Waals surface area (Å²) >= 11 is 0. The van der Waals surface area contributed by atoms with E-state index < -0.39 is 16.5 Å². The molecule has 102 valence electrons. The van der Waals surface area contributed by atoms with Gasteiger partial charge in [0, 0.05) is 23.9 Å². The van der Waals surface area contributed by atoms with Crippen LogP contribution in [0.3, 0.4) is 0 Å². The van der Waals surface area contributed by atoms with Crippen molar-refractivity contribution in [1.82, 2.24) is 0 Å². The minimum absolute atomic E-state index is 0.163. The first-order valence-electron chi connectivity index (χ1n) is 5.48. The fraction of sp³-hybridized carbons (Fsp3) is 0. The van der Waals surface area contributed by atoms with Gasteiger partial charge in [-0.25, -0.2) is 4.39 Å². The Kier molecular flexibility index (Phi) is 3.60. The Morgan fingerprint density at radius 1 is 1.25 bits per heavy atom. The van der Waals surface area contributed by atoms with E-state index in [1.807, 2.05) is 0 Å². The summed E-state index contributed by atoms with van der Waals surface area (Å²) in [6.07, 6.45) is 1.11. The number of hydrogen-bond donors (Lipinski definition) is 2. The van der Waals surface area contributed by atoms with Crippen molar-refractivity contribution in [2.24, 2.45) is 4.99 Å². The Hall–Kier alpha value is -2.96. The number of phenols is 2. The molecule has 0 aliphatic heterocycles. The maximum Gasteiger partial charge on any atom is 0.271 e. The Balaban J connectivity index is 2.38. The largest absolute Gasteiger partial charge is 0.504 e. The first-order valence-corrected chi connectivity index (χ1v) is 5.48. The van der Waals surface area contributed by atoms with Gasteiger partial charge in [-0.15, -0.1) is 0 Å². The van der Waals surface area contributed by atoms with Crippen LogP contribution in [0.2, 0.25) is 0 Å². The third-order valence-electron chi connectivity index (χ3n) is 2.53. The molecule has 2 rings (SSSR count). The van der Waals surface area contributed by atoms with Crippen molar-refractivity contribution in [3.8, 4) is 11.5 Å². The maximum atomic E-state index is 13.5. The normalized spacial score (nSPS) is 10.8. The number of para-hydroxylation sites is 1. The monoisotopic (exact) mass is 276 g/mol. The molecule has 0 spiro atoms. The van der Waals surface area contributed by atoms with Crippen LogP contribution < -0.4 is 0 Å². The molecule has 2 N–H and O–H groups in total. The van der Waals surface area contributed by atoms with E-state index in [-0.39, 0.29) is 22.7 Å². The van der Waals surface area contributed by atoms with Gasteiger partial charge in [-0.3, -0.25) is 15.1 Å². The molecule has 0 radical (unpaired) electrons. The fourth-order valence-corrected chi connectivity index (χ4v) is 1.51. The van der Waals surface area contributed by atoms with Gasteiger partial charge in [0.05, 0.1) is 4.92 Å². The van der Waals surface area contributed by atoms with Crippen molar-refractivity contribution in [2.75, 3.05) is 0 Å². The smallest absolute Gasteiger partial charge is 0.271 e. The number of nitro groups is 1. The van der Waals surface area contributed by atoms with Gasteiger partial charge in [-0.05, 0) is 18.2 Å². The highest BCUT2D eigenvalue weighted by atomic mass is 19.1. The van der Waals surface area contributed by atoms with Crippen LogP contribution in [0, 0.1) is 15.9 Å². The predicted molar refractivity (Wildman–Crippen MR) is 70.1 cm³/mol. The Morgan fingerprint density at radius 3 is 2.70 bits per heavy atom. The molecule has 0 bridgehead atoms. The summed E-state index contributed by atoms with van der Waals surface area (Å²) in [6.45, 7) is 0. The molecule has 0 aromatic heterocycles. The first kappa shape index (κ1) is 13.5. The van der Waals surface area contributed by atoms with Crippen LogP contribution in [-0.2, 0) is 0 Å². The molecule has 2 aromatic rings. The summed E-state index contributed by atoms with van der Waals surface area (Å²) in [4.78, 5) is 13.7. The summed E-state index contributed by atoms with van der Waals surface area (Å²) in [6, 6.07) is 7.15. The highest BCUT2D eigenvalue weighted by molar-refractivity contribution is 5.86. The molecule has 20 heavy (non-hydrogen) atoms. The Bertz CT molecular complexity index is 701. The van der Waals surface area contributed by atoms with E-state index in [9.17, 15) is 24.7 Å². The van der Waals surface area contributed by atoms with Crippen molar-refractivity contribution in [3.05, 3.63) is 57.9 Å². The second-order valence-corrected chi connectivity index (χ2v) is 3.87. The topological polar surface area (TPSA) is 96.0 Å². The summed E-state index contributed by atoms with van der Waals surface area (Å²) < 4.78 is 13.5. The molecule has 0 unspecified atom stereocenters. The first-order chi connectivity index (χ1) is 9.49.